The Morgan fingerprint density at radius 3 is 2.54 bits per heavy atom. The third-order valence-corrected chi connectivity index (χ3v) is 9.24. The zero-order valence-corrected chi connectivity index (χ0v) is 27.0. The number of carbonyl (C=O) groups is 1. The fourth-order valence-electron chi connectivity index (χ4n) is 5.91. The molecule has 6 aromatic rings. The normalized spacial score (nSPS) is 14.4. The summed E-state index contributed by atoms with van der Waals surface area (Å²) in [4.78, 5) is 33.6. The molecule has 1 aromatic heterocycles. The number of fused-ring (bicyclic) bond motifs is 2. The van der Waals surface area contributed by atoms with Crippen LogP contribution in [0.3, 0.4) is 0 Å². The molecule has 0 unspecified atom stereocenters. The molecule has 5 aromatic carbocycles. The van der Waals surface area contributed by atoms with E-state index in [4.69, 9.17) is 14.5 Å². The summed E-state index contributed by atoms with van der Waals surface area (Å²) in [5.74, 6) is 0.390. The summed E-state index contributed by atoms with van der Waals surface area (Å²) in [6.07, 6.45) is 1.80. The van der Waals surface area contributed by atoms with Gasteiger partial charge in [0.1, 0.15) is 23.9 Å². The highest BCUT2D eigenvalue weighted by atomic mass is 32.1. The number of carbonyl (C=O) groups excluding carboxylic acids is 1. The summed E-state index contributed by atoms with van der Waals surface area (Å²) in [6, 6.07) is 33.8. The van der Waals surface area contributed by atoms with Gasteiger partial charge in [-0.05, 0) is 65.7 Å². The van der Waals surface area contributed by atoms with Crippen LogP contribution < -0.4 is 29.7 Å². The van der Waals surface area contributed by atoms with Crippen LogP contribution in [-0.4, -0.2) is 17.6 Å². The molecule has 0 saturated heterocycles. The Balaban J connectivity index is 1.38. The van der Waals surface area contributed by atoms with Crippen LogP contribution in [-0.2, 0) is 11.4 Å². The molecule has 1 aliphatic rings. The molecule has 1 aliphatic heterocycles. The Labute approximate surface area is 279 Å². The maximum Gasteiger partial charge on any atom is 0.271 e. The number of para-hydroxylation sites is 1. The van der Waals surface area contributed by atoms with Gasteiger partial charge in [-0.2, -0.15) is 0 Å². The second-order valence-electron chi connectivity index (χ2n) is 11.3. The number of benzene rings is 5. The van der Waals surface area contributed by atoms with E-state index in [1.54, 1.807) is 55.0 Å². The largest absolute Gasteiger partial charge is 0.497 e. The molecule has 238 valence electrons. The number of ether oxygens (including phenoxy) is 2. The summed E-state index contributed by atoms with van der Waals surface area (Å²) < 4.78 is 28.1. The summed E-state index contributed by atoms with van der Waals surface area (Å²) in [5.41, 5.74) is 2.99. The molecule has 0 bridgehead atoms. The van der Waals surface area contributed by atoms with Crippen molar-refractivity contribution in [2.45, 2.75) is 19.6 Å². The first kappa shape index (κ1) is 30.8. The molecule has 0 fully saturated rings. The smallest absolute Gasteiger partial charge is 0.271 e. The second kappa shape index (κ2) is 13.1. The number of halogens is 1. The van der Waals surface area contributed by atoms with Crippen LogP contribution in [0.4, 0.5) is 10.1 Å². The number of nitrogens with one attached hydrogen (secondary N) is 1. The molecular weight excluding hydrogens is 626 g/mol. The number of anilines is 1. The number of thiazole rings is 1. The third kappa shape index (κ3) is 5.91. The molecule has 0 aliphatic carbocycles. The molecule has 7 nitrogen and oxygen atoms in total. The lowest BCUT2D eigenvalue weighted by atomic mass is 9.95. The predicted molar refractivity (Wildman–Crippen MR) is 187 cm³/mol. The fourth-order valence-corrected chi connectivity index (χ4v) is 6.94. The van der Waals surface area contributed by atoms with Gasteiger partial charge in [-0.1, -0.05) is 90.2 Å². The van der Waals surface area contributed by atoms with Crippen molar-refractivity contribution in [2.24, 2.45) is 4.99 Å². The second-order valence-corrected chi connectivity index (χ2v) is 12.3. The van der Waals surface area contributed by atoms with Crippen LogP contribution >= 0.6 is 11.3 Å². The van der Waals surface area contributed by atoms with E-state index in [0.29, 0.717) is 54.5 Å². The van der Waals surface area contributed by atoms with Crippen LogP contribution in [0.25, 0.3) is 16.8 Å². The number of amides is 1. The lowest BCUT2D eigenvalue weighted by molar-refractivity contribution is -0.113. The van der Waals surface area contributed by atoms with E-state index in [2.05, 4.69) is 5.32 Å². The summed E-state index contributed by atoms with van der Waals surface area (Å²) in [5, 5.41) is 4.81. The Bertz CT molecular complexity index is 2400. The van der Waals surface area contributed by atoms with Gasteiger partial charge in [-0.15, -0.1) is 0 Å². The molecular formula is C39H30FN3O4S. The van der Waals surface area contributed by atoms with Gasteiger partial charge < -0.3 is 14.8 Å². The van der Waals surface area contributed by atoms with E-state index in [-0.39, 0.29) is 23.9 Å². The number of hydrogen-bond donors (Lipinski definition) is 1. The standard InChI is InChI=1S/C39H30FN3O4S/c1-24-35(37(44)42-28-14-4-3-5-15-28)36(26-13-10-16-29(21-26)46-2)43-38(45)34(48-39(43)41-24)22-31-30-17-8-6-11-25(30)19-20-33(31)47-23-27-12-7-9-18-32(27)40/h3-22,36H,23H2,1-2H3,(H,42,44)/b34-22-/t36-/m1/s1. The van der Waals surface area contributed by atoms with Crippen molar-refractivity contribution >= 4 is 39.8 Å². The van der Waals surface area contributed by atoms with Crippen LogP contribution in [0.1, 0.15) is 29.7 Å². The first-order valence-corrected chi connectivity index (χ1v) is 16.1. The van der Waals surface area contributed by atoms with Crippen LogP contribution in [0.5, 0.6) is 11.5 Å². The zero-order chi connectivity index (χ0) is 33.2. The van der Waals surface area contributed by atoms with E-state index in [1.807, 2.05) is 78.9 Å². The highest BCUT2D eigenvalue weighted by molar-refractivity contribution is 7.07. The van der Waals surface area contributed by atoms with E-state index in [1.165, 1.54) is 17.4 Å². The third-order valence-electron chi connectivity index (χ3n) is 8.25. The van der Waals surface area contributed by atoms with Gasteiger partial charge in [0.25, 0.3) is 11.5 Å². The van der Waals surface area contributed by atoms with Gasteiger partial charge in [0, 0.05) is 16.8 Å². The summed E-state index contributed by atoms with van der Waals surface area (Å²) >= 11 is 1.24. The van der Waals surface area contributed by atoms with E-state index < -0.39 is 6.04 Å². The highest BCUT2D eigenvalue weighted by Crippen LogP contribution is 2.33. The van der Waals surface area contributed by atoms with Crippen LogP contribution in [0.15, 0.2) is 136 Å². The molecule has 2 heterocycles. The number of nitrogens with zero attached hydrogens (tertiary/aromatic N) is 2. The zero-order valence-electron chi connectivity index (χ0n) is 26.1. The minimum atomic E-state index is -0.772. The van der Waals surface area contributed by atoms with E-state index in [0.717, 1.165) is 10.8 Å². The number of allylic oxidation sites excluding steroid dienone is 1. The van der Waals surface area contributed by atoms with Crippen molar-refractivity contribution in [1.82, 2.24) is 4.57 Å². The van der Waals surface area contributed by atoms with E-state index >= 15 is 0 Å². The molecule has 0 spiro atoms. The van der Waals surface area contributed by atoms with Gasteiger partial charge in [-0.3, -0.25) is 14.2 Å². The minimum Gasteiger partial charge on any atom is -0.497 e. The van der Waals surface area contributed by atoms with Crippen molar-refractivity contribution in [2.75, 3.05) is 12.4 Å². The molecule has 9 heteroatoms. The molecule has 1 amide bonds. The Morgan fingerprint density at radius 2 is 1.73 bits per heavy atom. The van der Waals surface area contributed by atoms with Gasteiger partial charge in [-0.25, -0.2) is 9.38 Å². The molecule has 7 rings (SSSR count). The van der Waals surface area contributed by atoms with Crippen LogP contribution in [0.2, 0.25) is 0 Å². The lowest BCUT2D eigenvalue weighted by Gasteiger charge is -2.25. The number of hydrogen-bond acceptors (Lipinski definition) is 6. The Kier molecular flexibility index (Phi) is 8.44. The predicted octanol–water partition coefficient (Wildman–Crippen LogP) is 6.75. The minimum absolute atomic E-state index is 0.0159. The molecule has 48 heavy (non-hydrogen) atoms. The van der Waals surface area contributed by atoms with Crippen molar-refractivity contribution in [3.05, 3.63) is 169 Å². The number of aromatic nitrogens is 1. The number of methoxy groups -OCH3 is 1. The van der Waals surface area contributed by atoms with Gasteiger partial charge >= 0.3 is 0 Å². The molecule has 0 radical (unpaired) electrons. The average molecular weight is 656 g/mol. The fraction of sp³-hybridized carbons (Fsp3) is 0.103. The topological polar surface area (TPSA) is 81.9 Å². The van der Waals surface area contributed by atoms with Gasteiger partial charge in [0.15, 0.2) is 4.80 Å². The highest BCUT2D eigenvalue weighted by Gasteiger charge is 2.33. The summed E-state index contributed by atoms with van der Waals surface area (Å²) in [7, 11) is 1.57. The first-order chi connectivity index (χ1) is 23.4. The maximum absolute atomic E-state index is 14.5. The number of rotatable bonds is 8. The Hall–Kier alpha value is -5.80. The van der Waals surface area contributed by atoms with Crippen molar-refractivity contribution in [3.63, 3.8) is 0 Å². The van der Waals surface area contributed by atoms with Gasteiger partial charge in [0.05, 0.1) is 29.0 Å². The summed E-state index contributed by atoms with van der Waals surface area (Å²) in [6.45, 7) is 1.80. The van der Waals surface area contributed by atoms with Crippen molar-refractivity contribution < 1.29 is 18.7 Å². The molecule has 0 saturated carbocycles. The molecule has 1 atom stereocenters. The van der Waals surface area contributed by atoms with Crippen LogP contribution in [0, 0.1) is 5.82 Å². The lowest BCUT2D eigenvalue weighted by Crippen LogP contribution is -2.40. The van der Waals surface area contributed by atoms with E-state index in [9.17, 15) is 14.0 Å². The van der Waals surface area contributed by atoms with Crippen molar-refractivity contribution in [1.29, 1.82) is 0 Å². The monoisotopic (exact) mass is 655 g/mol. The SMILES string of the molecule is COc1cccc([C@@H]2C(C(=O)Nc3ccccc3)=C(C)N=c3s/c(=C\c4c(OCc5ccccc5F)ccc5ccccc45)c(=O)n32)c1. The maximum atomic E-state index is 14.5. The van der Waals surface area contributed by atoms with Crippen molar-refractivity contribution in [3.8, 4) is 11.5 Å². The Morgan fingerprint density at radius 1 is 0.958 bits per heavy atom. The first-order valence-electron chi connectivity index (χ1n) is 15.3. The molecule has 1 N–H and O–H groups in total. The average Bonchev–Trinajstić information content (AvgIpc) is 3.41. The van der Waals surface area contributed by atoms with Gasteiger partial charge in [0.2, 0.25) is 0 Å². The quantitative estimate of drug-likeness (QED) is 0.197.